The van der Waals surface area contributed by atoms with Gasteiger partial charge in [-0.2, -0.15) is 0 Å². The number of carbonyl (C=O) groups is 2. The van der Waals surface area contributed by atoms with Crippen molar-refractivity contribution in [3.05, 3.63) is 102 Å². The minimum absolute atomic E-state index is 0.208. The molecule has 0 saturated heterocycles. The fourth-order valence-electron chi connectivity index (χ4n) is 4.97. The third-order valence-corrected chi connectivity index (χ3v) is 7.21. The summed E-state index contributed by atoms with van der Waals surface area (Å²) < 4.78 is 28.1. The summed E-state index contributed by atoms with van der Waals surface area (Å²) in [5.41, 5.74) is 2.30. The molecule has 1 aliphatic rings. The first-order chi connectivity index (χ1) is 22.1. The van der Waals surface area contributed by atoms with E-state index in [4.69, 9.17) is 28.5 Å². The highest BCUT2D eigenvalue weighted by atomic mass is 16.6. The molecule has 1 amide bonds. The number of anilines is 1. The number of unbranched alkanes of at least 4 members (excludes halogenated alkanes) is 1. The fraction of sp³-hybridized carbons (Fsp3) is 0.400. The van der Waals surface area contributed by atoms with Gasteiger partial charge in [0.05, 0.1) is 39.6 Å². The molecule has 1 N–H and O–H groups in total. The molecule has 1 aliphatic heterocycles. The number of rotatable bonds is 19. The molecule has 45 heavy (non-hydrogen) atoms. The molecule has 0 aromatic heterocycles. The Hall–Kier alpha value is -4.25. The van der Waals surface area contributed by atoms with Crippen molar-refractivity contribution >= 4 is 23.5 Å². The number of benzene rings is 3. The molecule has 0 fully saturated rings. The summed E-state index contributed by atoms with van der Waals surface area (Å²) in [5, 5.41) is 7.18. The molecule has 10 heteroatoms. The molecule has 0 spiro atoms. The lowest BCUT2D eigenvalue weighted by Gasteiger charge is -2.34. The molecule has 3 aromatic rings. The number of esters is 1. The number of nitrogens with zero attached hydrogens (tertiary/aromatic N) is 1. The van der Waals surface area contributed by atoms with Crippen LogP contribution in [0, 0.1) is 0 Å². The van der Waals surface area contributed by atoms with E-state index >= 15 is 0 Å². The summed E-state index contributed by atoms with van der Waals surface area (Å²) in [4.78, 5) is 30.0. The lowest BCUT2D eigenvalue weighted by molar-refractivity contribution is -0.144. The van der Waals surface area contributed by atoms with Gasteiger partial charge in [0, 0.05) is 32.1 Å². The van der Waals surface area contributed by atoms with Crippen LogP contribution in [0.2, 0.25) is 0 Å². The van der Waals surface area contributed by atoms with Gasteiger partial charge in [0.1, 0.15) is 11.8 Å². The number of carbonyl (C=O) groups excluding carboxylic acids is 2. The van der Waals surface area contributed by atoms with Gasteiger partial charge in [0.25, 0.3) is 0 Å². The van der Waals surface area contributed by atoms with Crippen molar-refractivity contribution in [2.75, 3.05) is 52.1 Å². The monoisotopic (exact) mass is 618 g/mol. The van der Waals surface area contributed by atoms with Gasteiger partial charge in [-0.1, -0.05) is 84.0 Å². The smallest absolute Gasteiger partial charge is 0.411 e. The number of hydrogen-bond acceptors (Lipinski definition) is 9. The van der Waals surface area contributed by atoms with Gasteiger partial charge >= 0.3 is 12.1 Å². The Balaban J connectivity index is 1.24. The van der Waals surface area contributed by atoms with Crippen LogP contribution in [0.15, 0.2) is 96.2 Å². The van der Waals surface area contributed by atoms with Crippen LogP contribution in [0.1, 0.15) is 43.2 Å². The van der Waals surface area contributed by atoms with Crippen molar-refractivity contribution < 1.29 is 38.1 Å². The molecular formula is C35H42N2O8. The Bertz CT molecular complexity index is 1280. The van der Waals surface area contributed by atoms with Gasteiger partial charge in [-0.15, -0.1) is 0 Å². The Kier molecular flexibility index (Phi) is 13.9. The molecule has 0 aliphatic carbocycles. The van der Waals surface area contributed by atoms with E-state index in [1.54, 1.807) is 19.2 Å². The normalized spacial score (nSPS) is 14.3. The van der Waals surface area contributed by atoms with Crippen LogP contribution < -0.4 is 5.32 Å². The van der Waals surface area contributed by atoms with Gasteiger partial charge in [-0.3, -0.25) is 10.1 Å². The minimum Gasteiger partial charge on any atom is -0.466 e. The highest BCUT2D eigenvalue weighted by Crippen LogP contribution is 2.39. The lowest BCUT2D eigenvalue weighted by atomic mass is 9.80. The second-order valence-electron chi connectivity index (χ2n) is 10.4. The number of oxime groups is 1. The first-order valence-electron chi connectivity index (χ1n) is 15.3. The first-order valence-corrected chi connectivity index (χ1v) is 15.3. The van der Waals surface area contributed by atoms with Crippen molar-refractivity contribution in [3.63, 3.8) is 0 Å². The molecule has 0 radical (unpaired) electrons. The average molecular weight is 619 g/mol. The number of nitrogens with one attached hydrogen (secondary N) is 1. The molecule has 1 atom stereocenters. The summed E-state index contributed by atoms with van der Waals surface area (Å²) in [5.74, 6) is -0.303. The van der Waals surface area contributed by atoms with Crippen molar-refractivity contribution in [2.45, 2.75) is 43.8 Å². The second kappa shape index (κ2) is 18.5. The maximum atomic E-state index is 12.3. The van der Waals surface area contributed by atoms with E-state index < -0.39 is 11.7 Å². The quantitative estimate of drug-likeness (QED) is 0.127. The Labute approximate surface area is 264 Å². The molecule has 3 aromatic carbocycles. The summed E-state index contributed by atoms with van der Waals surface area (Å²) >= 11 is 0. The van der Waals surface area contributed by atoms with Gasteiger partial charge in [-0.25, -0.2) is 4.79 Å². The second-order valence-corrected chi connectivity index (χ2v) is 10.4. The predicted molar refractivity (Wildman–Crippen MR) is 170 cm³/mol. The molecule has 1 unspecified atom stereocenters. The van der Waals surface area contributed by atoms with Crippen LogP contribution in [0.3, 0.4) is 0 Å². The van der Waals surface area contributed by atoms with Crippen molar-refractivity contribution in [2.24, 2.45) is 5.16 Å². The van der Waals surface area contributed by atoms with Crippen LogP contribution in [-0.4, -0.2) is 70.6 Å². The number of amides is 1. The van der Waals surface area contributed by atoms with Crippen molar-refractivity contribution in [3.8, 4) is 0 Å². The van der Waals surface area contributed by atoms with E-state index in [1.807, 2.05) is 78.9 Å². The van der Waals surface area contributed by atoms with E-state index in [2.05, 4.69) is 10.5 Å². The number of ether oxygens (including phenoxy) is 5. The van der Waals surface area contributed by atoms with Gasteiger partial charge in [0.2, 0.25) is 0 Å². The first kappa shape index (κ1) is 33.6. The minimum atomic E-state index is -0.974. The van der Waals surface area contributed by atoms with Crippen molar-refractivity contribution in [1.82, 2.24) is 0 Å². The molecule has 0 bridgehead atoms. The Morgan fingerprint density at radius 3 is 2.11 bits per heavy atom. The molecule has 1 heterocycles. The van der Waals surface area contributed by atoms with E-state index in [-0.39, 0.29) is 31.7 Å². The van der Waals surface area contributed by atoms with Gasteiger partial charge in [-0.05, 0) is 36.1 Å². The largest absolute Gasteiger partial charge is 0.466 e. The van der Waals surface area contributed by atoms with Crippen LogP contribution in [0.4, 0.5) is 10.5 Å². The third kappa shape index (κ3) is 10.4. The summed E-state index contributed by atoms with van der Waals surface area (Å²) in [7, 11) is 1.64. The molecule has 10 nitrogen and oxygen atoms in total. The summed E-state index contributed by atoms with van der Waals surface area (Å²) in [6.45, 7) is 2.14. The fourth-order valence-corrected chi connectivity index (χ4v) is 4.97. The SMILES string of the molecule is COCCOCCOC(C1=NOC(CCOC(=O)CCCCOC(=O)Nc2ccccc2)C1)(c1ccccc1)c1ccccc1. The van der Waals surface area contributed by atoms with Gasteiger partial charge < -0.3 is 28.5 Å². The summed E-state index contributed by atoms with van der Waals surface area (Å²) in [6, 6.07) is 29.0. The Morgan fingerprint density at radius 1 is 0.800 bits per heavy atom. The molecule has 240 valence electrons. The van der Waals surface area contributed by atoms with E-state index in [1.165, 1.54) is 0 Å². The van der Waals surface area contributed by atoms with Gasteiger partial charge in [0.15, 0.2) is 5.60 Å². The highest BCUT2D eigenvalue weighted by molar-refractivity contribution is 5.97. The van der Waals surface area contributed by atoms with Crippen LogP contribution in [0.5, 0.6) is 0 Å². The molecule has 0 saturated carbocycles. The number of methoxy groups -OCH3 is 1. The van der Waals surface area contributed by atoms with E-state index in [0.29, 0.717) is 57.8 Å². The zero-order valence-electron chi connectivity index (χ0n) is 25.7. The topological polar surface area (TPSA) is 114 Å². The number of hydrogen-bond donors (Lipinski definition) is 1. The highest BCUT2D eigenvalue weighted by Gasteiger charge is 2.44. The van der Waals surface area contributed by atoms with E-state index in [9.17, 15) is 9.59 Å². The van der Waals surface area contributed by atoms with Crippen LogP contribution >= 0.6 is 0 Å². The van der Waals surface area contributed by atoms with Crippen LogP contribution in [0.25, 0.3) is 0 Å². The summed E-state index contributed by atoms with van der Waals surface area (Å²) in [6.07, 6.45) is 1.55. The predicted octanol–water partition coefficient (Wildman–Crippen LogP) is 6.11. The van der Waals surface area contributed by atoms with Crippen molar-refractivity contribution in [1.29, 1.82) is 0 Å². The third-order valence-electron chi connectivity index (χ3n) is 7.21. The van der Waals surface area contributed by atoms with E-state index in [0.717, 1.165) is 16.8 Å². The zero-order chi connectivity index (χ0) is 31.6. The molecule has 4 rings (SSSR count). The molecular weight excluding hydrogens is 576 g/mol. The Morgan fingerprint density at radius 2 is 1.44 bits per heavy atom. The van der Waals surface area contributed by atoms with Crippen LogP contribution in [-0.2, 0) is 38.9 Å². The number of para-hydroxylation sites is 1. The standard InChI is InChI=1S/C35H42N2O8/c1-40-23-24-41-25-26-44-35(28-13-5-2-6-14-28,29-15-7-3-8-16-29)32-27-31(45-37-32)20-22-42-33(38)19-11-12-21-43-34(39)36-30-17-9-4-10-18-30/h2-10,13-18,31H,11-12,19-27H2,1H3,(H,36,39). The maximum Gasteiger partial charge on any atom is 0.411 e. The zero-order valence-corrected chi connectivity index (χ0v) is 25.7. The average Bonchev–Trinajstić information content (AvgIpc) is 3.55. The lowest BCUT2D eigenvalue weighted by Crippen LogP contribution is -2.41. The maximum absolute atomic E-state index is 12.3.